The molecule has 0 amide bonds. The highest BCUT2D eigenvalue weighted by atomic mass is 32.2. The predicted octanol–water partition coefficient (Wildman–Crippen LogP) is 3.92. The number of hydrogen-bond acceptors (Lipinski definition) is 6. The fraction of sp³-hybridized carbons (Fsp3) is 0.208. The molecule has 178 valence electrons. The van der Waals surface area contributed by atoms with Crippen LogP contribution >= 0.6 is 0 Å². The number of nitrogens with one attached hydrogen (secondary N) is 1. The van der Waals surface area contributed by atoms with Crippen LogP contribution < -0.4 is 9.46 Å². The summed E-state index contributed by atoms with van der Waals surface area (Å²) in [5.74, 6) is 0.663. The number of ether oxygens (including phenoxy) is 1. The summed E-state index contributed by atoms with van der Waals surface area (Å²) < 4.78 is 59.5. The molecule has 0 radical (unpaired) electrons. The Bertz CT molecular complexity index is 1450. The van der Waals surface area contributed by atoms with Gasteiger partial charge in [-0.1, -0.05) is 42.5 Å². The van der Waals surface area contributed by atoms with Gasteiger partial charge >= 0.3 is 0 Å². The van der Waals surface area contributed by atoms with Crippen LogP contribution in [0.15, 0.2) is 82.8 Å². The molecule has 3 aromatic carbocycles. The van der Waals surface area contributed by atoms with Crippen LogP contribution in [-0.2, 0) is 20.0 Å². The van der Waals surface area contributed by atoms with Crippen LogP contribution in [0.2, 0.25) is 0 Å². The Balaban J connectivity index is 1.79. The van der Waals surface area contributed by atoms with Crippen LogP contribution in [-0.4, -0.2) is 40.3 Å². The number of anilines is 1. The highest BCUT2D eigenvalue weighted by Gasteiger charge is 2.38. The topological polar surface area (TPSA) is 105 Å². The lowest BCUT2D eigenvalue weighted by molar-refractivity contribution is 0.370. The minimum absolute atomic E-state index is 0.186. The molecule has 0 bridgehead atoms. The first-order valence-electron chi connectivity index (χ1n) is 10.5. The molecule has 10 heteroatoms. The fourth-order valence-corrected chi connectivity index (χ4v) is 6.10. The van der Waals surface area contributed by atoms with E-state index in [1.165, 1.54) is 0 Å². The van der Waals surface area contributed by atoms with Gasteiger partial charge in [0.25, 0.3) is 10.0 Å². The number of hydrazone groups is 1. The Kier molecular flexibility index (Phi) is 6.37. The lowest BCUT2D eigenvalue weighted by atomic mass is 9.99. The van der Waals surface area contributed by atoms with E-state index in [2.05, 4.69) is 9.82 Å². The van der Waals surface area contributed by atoms with Crippen molar-refractivity contribution in [1.29, 1.82) is 0 Å². The zero-order valence-corrected chi connectivity index (χ0v) is 20.6. The SMILES string of the molecule is COc1ccc(C2CC(c3cccc(NS(C)(=O)=O)c3)=NN2S(=O)(=O)c2ccccc2C)cc1. The summed E-state index contributed by atoms with van der Waals surface area (Å²) in [4.78, 5) is 0.186. The standard InChI is InChI=1S/C24H25N3O5S2/c1-17-7-4-5-10-24(17)34(30,31)27-23(18-11-13-21(32-2)14-12-18)16-22(25-27)19-8-6-9-20(15-19)26-33(3,28)29/h4-15,23,26H,16H2,1-3H3. The molecule has 0 aliphatic carbocycles. The first-order chi connectivity index (χ1) is 16.1. The molecule has 0 fully saturated rings. The Hall–Kier alpha value is -3.37. The van der Waals surface area contributed by atoms with Crippen molar-refractivity contribution in [2.45, 2.75) is 24.3 Å². The monoisotopic (exact) mass is 499 g/mol. The van der Waals surface area contributed by atoms with Gasteiger partial charge in [-0.15, -0.1) is 0 Å². The van der Waals surface area contributed by atoms with Crippen LogP contribution in [0, 0.1) is 6.92 Å². The summed E-state index contributed by atoms with van der Waals surface area (Å²) in [6.07, 6.45) is 1.39. The van der Waals surface area contributed by atoms with Crippen LogP contribution in [0.4, 0.5) is 5.69 Å². The van der Waals surface area contributed by atoms with Crippen molar-refractivity contribution in [3.8, 4) is 5.75 Å². The summed E-state index contributed by atoms with van der Waals surface area (Å²) in [6, 6.07) is 20.2. The van der Waals surface area contributed by atoms with Crippen LogP contribution in [0.5, 0.6) is 5.75 Å². The number of sulfonamides is 2. The third kappa shape index (κ3) is 4.92. The maximum absolute atomic E-state index is 13.7. The molecule has 4 rings (SSSR count). The fourth-order valence-electron chi connectivity index (χ4n) is 3.88. The van der Waals surface area contributed by atoms with E-state index >= 15 is 0 Å². The van der Waals surface area contributed by atoms with Gasteiger partial charge in [0.15, 0.2) is 0 Å². The zero-order chi connectivity index (χ0) is 24.5. The van der Waals surface area contributed by atoms with Crippen molar-refractivity contribution < 1.29 is 21.6 Å². The molecule has 3 aromatic rings. The number of methoxy groups -OCH3 is 1. The van der Waals surface area contributed by atoms with E-state index in [0.29, 0.717) is 34.7 Å². The van der Waals surface area contributed by atoms with E-state index in [4.69, 9.17) is 4.74 Å². The third-order valence-corrected chi connectivity index (χ3v) is 7.94. The van der Waals surface area contributed by atoms with Crippen LogP contribution in [0.1, 0.15) is 29.2 Å². The maximum atomic E-state index is 13.7. The molecular weight excluding hydrogens is 474 g/mol. The van der Waals surface area contributed by atoms with Gasteiger partial charge < -0.3 is 4.74 Å². The van der Waals surface area contributed by atoms with E-state index < -0.39 is 26.1 Å². The lowest BCUT2D eigenvalue weighted by Crippen LogP contribution is -2.27. The van der Waals surface area contributed by atoms with Gasteiger partial charge in [-0.05, 0) is 53.9 Å². The van der Waals surface area contributed by atoms with Gasteiger partial charge in [-0.25, -0.2) is 8.42 Å². The molecular formula is C24H25N3O5S2. The molecule has 0 saturated carbocycles. The highest BCUT2D eigenvalue weighted by Crippen LogP contribution is 2.38. The van der Waals surface area contributed by atoms with Gasteiger partial charge in [0.2, 0.25) is 10.0 Å². The van der Waals surface area contributed by atoms with E-state index in [0.717, 1.165) is 16.2 Å². The predicted molar refractivity (Wildman–Crippen MR) is 132 cm³/mol. The highest BCUT2D eigenvalue weighted by molar-refractivity contribution is 7.92. The molecule has 0 saturated heterocycles. The number of hydrogen-bond donors (Lipinski definition) is 1. The smallest absolute Gasteiger partial charge is 0.279 e. The molecule has 1 atom stereocenters. The molecule has 1 aliphatic heterocycles. The second-order valence-corrected chi connectivity index (χ2v) is 11.6. The first kappa shape index (κ1) is 23.8. The van der Waals surface area contributed by atoms with Gasteiger partial charge in [0.1, 0.15) is 5.75 Å². The molecule has 34 heavy (non-hydrogen) atoms. The van der Waals surface area contributed by atoms with Crippen LogP contribution in [0.3, 0.4) is 0 Å². The average Bonchev–Trinajstić information content (AvgIpc) is 3.25. The summed E-state index contributed by atoms with van der Waals surface area (Å²) in [7, 11) is -5.85. The van der Waals surface area contributed by atoms with Gasteiger partial charge in [-0.3, -0.25) is 4.72 Å². The zero-order valence-electron chi connectivity index (χ0n) is 19.0. The molecule has 8 nitrogen and oxygen atoms in total. The number of nitrogens with zero attached hydrogens (tertiary/aromatic N) is 2. The van der Waals surface area contributed by atoms with Crippen molar-refractivity contribution in [3.63, 3.8) is 0 Å². The minimum atomic E-state index is -3.96. The Morgan fingerprint density at radius 3 is 2.32 bits per heavy atom. The maximum Gasteiger partial charge on any atom is 0.279 e. The number of rotatable bonds is 7. The van der Waals surface area contributed by atoms with Gasteiger partial charge in [0.05, 0.1) is 30.0 Å². The Morgan fingerprint density at radius 1 is 0.971 bits per heavy atom. The normalized spacial score (nSPS) is 16.3. The molecule has 1 aliphatic rings. The number of aryl methyl sites for hydroxylation is 1. The van der Waals surface area contributed by atoms with Crippen molar-refractivity contribution in [2.75, 3.05) is 18.1 Å². The molecule has 0 spiro atoms. The first-order valence-corrected chi connectivity index (χ1v) is 13.8. The summed E-state index contributed by atoms with van der Waals surface area (Å²) in [6.45, 7) is 1.75. The largest absolute Gasteiger partial charge is 0.497 e. The Labute approximate surface area is 200 Å². The lowest BCUT2D eigenvalue weighted by Gasteiger charge is -2.24. The van der Waals surface area contributed by atoms with E-state index in [-0.39, 0.29) is 4.90 Å². The Morgan fingerprint density at radius 2 is 1.68 bits per heavy atom. The summed E-state index contributed by atoms with van der Waals surface area (Å²) >= 11 is 0. The van der Waals surface area contributed by atoms with Crippen molar-refractivity contribution in [1.82, 2.24) is 4.41 Å². The van der Waals surface area contributed by atoms with Crippen molar-refractivity contribution in [3.05, 3.63) is 89.5 Å². The molecule has 1 N–H and O–H groups in total. The van der Waals surface area contributed by atoms with Gasteiger partial charge in [-0.2, -0.15) is 17.9 Å². The molecule has 0 aromatic heterocycles. The quantitative estimate of drug-likeness (QED) is 0.531. The molecule has 1 unspecified atom stereocenters. The summed E-state index contributed by atoms with van der Waals surface area (Å²) in [5.41, 5.74) is 2.94. The summed E-state index contributed by atoms with van der Waals surface area (Å²) in [5, 5.41) is 4.54. The minimum Gasteiger partial charge on any atom is -0.497 e. The second kappa shape index (κ2) is 9.11. The van der Waals surface area contributed by atoms with E-state index in [1.54, 1.807) is 74.7 Å². The second-order valence-electron chi connectivity index (χ2n) is 8.04. The average molecular weight is 500 g/mol. The number of benzene rings is 3. The van der Waals surface area contributed by atoms with Gasteiger partial charge in [0, 0.05) is 12.1 Å². The van der Waals surface area contributed by atoms with Crippen molar-refractivity contribution in [2.24, 2.45) is 5.10 Å². The van der Waals surface area contributed by atoms with Crippen molar-refractivity contribution >= 4 is 31.4 Å². The van der Waals surface area contributed by atoms with E-state index in [1.807, 2.05) is 12.1 Å². The third-order valence-electron chi connectivity index (χ3n) is 5.49. The van der Waals surface area contributed by atoms with Crippen LogP contribution in [0.25, 0.3) is 0 Å². The van der Waals surface area contributed by atoms with E-state index in [9.17, 15) is 16.8 Å². The molecule has 1 heterocycles.